The topological polar surface area (TPSA) is 141 Å². The van der Waals surface area contributed by atoms with Gasteiger partial charge in [0.05, 0.1) is 0 Å². The average Bonchev–Trinajstić information content (AvgIpc) is 2.79. The third kappa shape index (κ3) is 15.5. The van der Waals surface area contributed by atoms with Gasteiger partial charge >= 0.3 is 11.9 Å². The molecule has 32 heavy (non-hydrogen) atoms. The Labute approximate surface area is 192 Å². The van der Waals surface area contributed by atoms with E-state index >= 15 is 0 Å². The summed E-state index contributed by atoms with van der Waals surface area (Å²) in [5.41, 5.74) is 0. The van der Waals surface area contributed by atoms with Gasteiger partial charge in [0, 0.05) is 6.42 Å². The molecular weight excluding hydrogens is 416 g/mol. The van der Waals surface area contributed by atoms with Crippen LogP contribution in [0.5, 0.6) is 0 Å². The molecule has 0 rings (SSSR count). The Bertz CT molecular complexity index is 496. The lowest BCUT2D eigenvalue weighted by Crippen LogP contribution is -2.48. The van der Waals surface area contributed by atoms with Crippen LogP contribution >= 0.6 is 0 Å². The van der Waals surface area contributed by atoms with Gasteiger partial charge in [-0.3, -0.25) is 4.79 Å². The summed E-state index contributed by atoms with van der Waals surface area (Å²) in [5.74, 6) is -2.26. The minimum atomic E-state index is -2.25. The molecule has 0 aromatic heterocycles. The van der Waals surface area contributed by atoms with Crippen molar-refractivity contribution in [3.05, 3.63) is 0 Å². The predicted octanol–water partition coefficient (Wildman–Crippen LogP) is 2.96. The maximum absolute atomic E-state index is 11.7. The number of ether oxygens (including phenoxy) is 1. The summed E-state index contributed by atoms with van der Waals surface area (Å²) in [6.07, 6.45) is 9.41. The summed E-state index contributed by atoms with van der Waals surface area (Å²) < 4.78 is 4.45. The minimum Gasteiger partial charge on any atom is -0.391 e. The van der Waals surface area contributed by atoms with Crippen LogP contribution in [0.25, 0.3) is 0 Å². The van der Waals surface area contributed by atoms with Crippen molar-refractivity contribution >= 4 is 18.2 Å². The van der Waals surface area contributed by atoms with Crippen molar-refractivity contribution in [1.82, 2.24) is 0 Å². The SMILES string of the molecule is CCCCCCCCCCCCCCCCCC(=O)OC(=O)C(O)C(O)C(O)C(O)C=O. The van der Waals surface area contributed by atoms with Gasteiger partial charge in [0.25, 0.3) is 0 Å². The van der Waals surface area contributed by atoms with E-state index in [1.165, 1.54) is 70.6 Å². The van der Waals surface area contributed by atoms with E-state index in [2.05, 4.69) is 11.7 Å². The zero-order chi connectivity index (χ0) is 24.2. The lowest BCUT2D eigenvalue weighted by Gasteiger charge is -2.22. The average molecular weight is 461 g/mol. The maximum Gasteiger partial charge on any atom is 0.345 e. The van der Waals surface area contributed by atoms with Crippen LogP contribution in [0.1, 0.15) is 110 Å². The second kappa shape index (κ2) is 20.3. The number of aliphatic hydroxyl groups is 4. The third-order valence-corrected chi connectivity index (χ3v) is 5.60. The fourth-order valence-corrected chi connectivity index (χ4v) is 3.47. The van der Waals surface area contributed by atoms with Gasteiger partial charge in [0.15, 0.2) is 12.4 Å². The Kier molecular flexibility index (Phi) is 19.4. The molecule has 0 saturated carbocycles. The lowest BCUT2D eigenvalue weighted by molar-refractivity contribution is -0.176. The first-order valence-corrected chi connectivity index (χ1v) is 12.3. The fourth-order valence-electron chi connectivity index (χ4n) is 3.47. The van der Waals surface area contributed by atoms with Crippen LogP contribution in [0, 0.1) is 0 Å². The zero-order valence-electron chi connectivity index (χ0n) is 19.6. The van der Waals surface area contributed by atoms with Crippen LogP contribution in [0.3, 0.4) is 0 Å². The highest BCUT2D eigenvalue weighted by Crippen LogP contribution is 2.14. The summed E-state index contributed by atoms with van der Waals surface area (Å²) in [6, 6.07) is 0. The number of unbranched alkanes of at least 4 members (excludes halogenated alkanes) is 14. The molecule has 0 fully saturated rings. The number of rotatable bonds is 21. The first-order valence-electron chi connectivity index (χ1n) is 12.3. The summed E-state index contributed by atoms with van der Waals surface area (Å²) in [5, 5.41) is 37.7. The van der Waals surface area contributed by atoms with Crippen LogP contribution in [-0.4, -0.2) is 63.1 Å². The van der Waals surface area contributed by atoms with Gasteiger partial charge in [-0.25, -0.2) is 4.79 Å². The Morgan fingerprint density at radius 2 is 1.09 bits per heavy atom. The van der Waals surface area contributed by atoms with E-state index in [1.54, 1.807) is 0 Å². The predicted molar refractivity (Wildman–Crippen MR) is 121 cm³/mol. The number of esters is 2. The lowest BCUT2D eigenvalue weighted by atomic mass is 10.0. The van der Waals surface area contributed by atoms with E-state index in [0.29, 0.717) is 6.42 Å². The van der Waals surface area contributed by atoms with Crippen molar-refractivity contribution in [1.29, 1.82) is 0 Å². The van der Waals surface area contributed by atoms with Gasteiger partial charge in [0.1, 0.15) is 18.3 Å². The summed E-state index contributed by atoms with van der Waals surface area (Å²) in [6.45, 7) is 2.24. The molecule has 0 heterocycles. The van der Waals surface area contributed by atoms with Crippen molar-refractivity contribution in [2.45, 2.75) is 134 Å². The standard InChI is InChI=1S/C24H44O8/c1-2-3-4-5-6-7-8-9-10-11-12-13-14-15-16-17-20(27)32-24(31)23(30)22(29)21(28)19(26)18-25/h18-19,21-23,26,28-30H,2-17H2,1H3. The van der Waals surface area contributed by atoms with E-state index < -0.39 is 36.4 Å². The Hall–Kier alpha value is -1.35. The highest BCUT2D eigenvalue weighted by molar-refractivity contribution is 5.88. The second-order valence-electron chi connectivity index (χ2n) is 8.55. The van der Waals surface area contributed by atoms with E-state index in [-0.39, 0.29) is 12.7 Å². The van der Waals surface area contributed by atoms with Gasteiger partial charge in [0.2, 0.25) is 0 Å². The van der Waals surface area contributed by atoms with E-state index in [9.17, 15) is 29.7 Å². The summed E-state index contributed by atoms with van der Waals surface area (Å²) >= 11 is 0. The highest BCUT2D eigenvalue weighted by Gasteiger charge is 2.36. The molecule has 0 radical (unpaired) electrons. The van der Waals surface area contributed by atoms with Crippen LogP contribution < -0.4 is 0 Å². The first-order chi connectivity index (χ1) is 15.3. The Morgan fingerprint density at radius 1 is 0.688 bits per heavy atom. The smallest absolute Gasteiger partial charge is 0.345 e. The molecule has 4 unspecified atom stereocenters. The first kappa shape index (κ1) is 30.6. The molecule has 0 saturated heterocycles. The molecule has 0 bridgehead atoms. The van der Waals surface area contributed by atoms with E-state index in [1.807, 2.05) is 0 Å². The molecule has 0 aliphatic rings. The molecule has 0 spiro atoms. The van der Waals surface area contributed by atoms with Crippen molar-refractivity contribution in [3.63, 3.8) is 0 Å². The van der Waals surface area contributed by atoms with Gasteiger partial charge < -0.3 is 30.0 Å². The van der Waals surface area contributed by atoms with Crippen molar-refractivity contribution in [3.8, 4) is 0 Å². The Morgan fingerprint density at radius 3 is 1.50 bits per heavy atom. The van der Waals surface area contributed by atoms with Crippen LogP contribution in [0.4, 0.5) is 0 Å². The van der Waals surface area contributed by atoms with Gasteiger partial charge in [-0.15, -0.1) is 0 Å². The monoisotopic (exact) mass is 460 g/mol. The number of aliphatic hydroxyl groups excluding tert-OH is 4. The molecule has 8 nitrogen and oxygen atoms in total. The maximum atomic E-state index is 11.7. The molecule has 0 aliphatic carbocycles. The molecule has 4 atom stereocenters. The van der Waals surface area contributed by atoms with Crippen LogP contribution in [0.2, 0.25) is 0 Å². The molecular formula is C24H44O8. The number of aldehydes is 1. The van der Waals surface area contributed by atoms with Crippen molar-refractivity contribution in [2.75, 3.05) is 0 Å². The quantitative estimate of drug-likeness (QED) is 0.0886. The van der Waals surface area contributed by atoms with Crippen LogP contribution in [-0.2, 0) is 19.1 Å². The summed E-state index contributed by atoms with van der Waals surface area (Å²) in [4.78, 5) is 33.7. The molecule has 0 aromatic rings. The minimum absolute atomic E-state index is 0.00628. The molecule has 4 N–H and O–H groups in total. The van der Waals surface area contributed by atoms with Gasteiger partial charge in [-0.05, 0) is 6.42 Å². The molecule has 0 aromatic carbocycles. The molecule has 188 valence electrons. The van der Waals surface area contributed by atoms with Crippen LogP contribution in [0.15, 0.2) is 0 Å². The fraction of sp³-hybridized carbons (Fsp3) is 0.875. The Balaban J connectivity index is 3.63. The van der Waals surface area contributed by atoms with Crippen molar-refractivity contribution in [2.24, 2.45) is 0 Å². The molecule has 0 amide bonds. The van der Waals surface area contributed by atoms with E-state index in [4.69, 9.17) is 5.11 Å². The zero-order valence-corrected chi connectivity index (χ0v) is 19.6. The molecule has 0 aliphatic heterocycles. The van der Waals surface area contributed by atoms with Gasteiger partial charge in [-0.1, -0.05) is 96.8 Å². The van der Waals surface area contributed by atoms with Crippen molar-refractivity contribution < 1.29 is 39.5 Å². The number of carbonyl (C=O) groups is 3. The van der Waals surface area contributed by atoms with E-state index in [0.717, 1.165) is 19.3 Å². The number of hydrogen-bond donors (Lipinski definition) is 4. The normalized spacial score (nSPS) is 15.0. The third-order valence-electron chi connectivity index (χ3n) is 5.60. The molecule has 8 heteroatoms. The highest BCUT2D eigenvalue weighted by atomic mass is 16.6. The van der Waals surface area contributed by atoms with Gasteiger partial charge in [-0.2, -0.15) is 0 Å². The number of hydrogen-bond acceptors (Lipinski definition) is 8. The number of carbonyl (C=O) groups excluding carboxylic acids is 3. The summed E-state index contributed by atoms with van der Waals surface area (Å²) in [7, 11) is 0. The largest absolute Gasteiger partial charge is 0.391 e. The second-order valence-corrected chi connectivity index (χ2v) is 8.55.